The second-order valence-corrected chi connectivity index (χ2v) is 7.58. The van der Waals surface area contributed by atoms with Crippen LogP contribution >= 0.6 is 35.0 Å². The molecular weight excluding hydrogens is 490 g/mol. The maximum Gasteiger partial charge on any atom is 0.281 e. The summed E-state index contributed by atoms with van der Waals surface area (Å²) in [6, 6.07) is 11.5. The van der Waals surface area contributed by atoms with E-state index in [-0.39, 0.29) is 36.4 Å². The Morgan fingerprint density at radius 1 is 0.967 bits per heavy atom. The van der Waals surface area contributed by atoms with Crippen molar-refractivity contribution >= 4 is 40.5 Å². The van der Waals surface area contributed by atoms with Crippen LogP contribution in [0.25, 0.3) is 16.6 Å². The minimum absolute atomic E-state index is 0. The molecule has 0 atom stereocenters. The van der Waals surface area contributed by atoms with E-state index in [1.54, 1.807) is 30.3 Å². The Labute approximate surface area is 197 Å². The number of fused-ring (bicyclic) bond motifs is 1. The van der Waals surface area contributed by atoms with Crippen LogP contribution in [-0.4, -0.2) is 14.6 Å². The normalized spacial score (nSPS) is 10.4. The molecule has 0 aliphatic heterocycles. The first-order valence-corrected chi connectivity index (χ1v) is 9.47. The van der Waals surface area contributed by atoms with E-state index in [1.807, 2.05) is 0 Å². The molecule has 30 heavy (non-hydrogen) atoms. The monoisotopic (exact) mass is 501 g/mol. The van der Waals surface area contributed by atoms with Crippen LogP contribution in [0.2, 0.25) is 10.0 Å². The molecule has 0 aliphatic carbocycles. The minimum Gasteiger partial charge on any atom is -0.358 e. The summed E-state index contributed by atoms with van der Waals surface area (Å²) in [6.45, 7) is 0. The zero-order valence-electron chi connectivity index (χ0n) is 15.3. The summed E-state index contributed by atoms with van der Waals surface area (Å²) in [5.74, 6) is -1.34. The molecule has 4 nitrogen and oxygen atoms in total. The van der Waals surface area contributed by atoms with Gasteiger partial charge in [0.25, 0.3) is 5.56 Å². The van der Waals surface area contributed by atoms with Gasteiger partial charge in [-0.25, -0.2) is 13.3 Å². The third kappa shape index (κ3) is 4.71. The van der Waals surface area contributed by atoms with Gasteiger partial charge in [-0.2, -0.15) is 10.1 Å². The van der Waals surface area contributed by atoms with E-state index >= 15 is 0 Å². The van der Waals surface area contributed by atoms with E-state index in [0.29, 0.717) is 26.2 Å². The predicted octanol–water partition coefficient (Wildman–Crippen LogP) is 5.94. The van der Waals surface area contributed by atoms with Gasteiger partial charge in [-0.3, -0.25) is 4.79 Å². The predicted molar refractivity (Wildman–Crippen MR) is 112 cm³/mol. The van der Waals surface area contributed by atoms with Crippen LogP contribution in [0.5, 0.6) is 0 Å². The number of benzene rings is 2. The van der Waals surface area contributed by atoms with Crippen molar-refractivity contribution in [1.29, 1.82) is 0 Å². The van der Waals surface area contributed by atoms with Crippen LogP contribution in [-0.2, 0) is 18.6 Å². The SMILES string of the molecule is O=c1ncn2nc(Sc3ccc(F)cc3F)ccc2c1-c1c(Cl)cccc1Cl.[CH3-].[V]. The first kappa shape index (κ1) is 24.4. The standard InChI is InChI=1S/C19H9Cl2F2N3OS.CH3.V/c20-11-2-1-3-12(21)17(11)18-14-5-7-16(25-26(14)9-24-19(18)27)28-15-6-4-10(22)8-13(15)23;;/h1-9H;1H3;/q;-1;. The first-order valence-electron chi connectivity index (χ1n) is 7.90. The maximum atomic E-state index is 13.9. The molecule has 4 rings (SSSR count). The number of hydrogen-bond acceptors (Lipinski definition) is 4. The quantitative estimate of drug-likeness (QED) is 0.326. The van der Waals surface area contributed by atoms with Crippen molar-refractivity contribution in [3.63, 3.8) is 0 Å². The first-order chi connectivity index (χ1) is 13.4. The molecule has 1 radical (unpaired) electrons. The Morgan fingerprint density at radius 2 is 1.67 bits per heavy atom. The van der Waals surface area contributed by atoms with Crippen LogP contribution in [0, 0.1) is 19.1 Å². The van der Waals surface area contributed by atoms with Crippen LogP contribution in [0.4, 0.5) is 8.78 Å². The van der Waals surface area contributed by atoms with Gasteiger partial charge in [0.1, 0.15) is 23.0 Å². The maximum absolute atomic E-state index is 13.9. The van der Waals surface area contributed by atoms with Gasteiger partial charge in [0.15, 0.2) is 0 Å². The average molecular weight is 502 g/mol. The van der Waals surface area contributed by atoms with Gasteiger partial charge in [0.2, 0.25) is 0 Å². The van der Waals surface area contributed by atoms with E-state index in [2.05, 4.69) is 10.1 Å². The van der Waals surface area contributed by atoms with Gasteiger partial charge in [-0.1, -0.05) is 41.0 Å². The summed E-state index contributed by atoms with van der Waals surface area (Å²) < 4.78 is 28.4. The van der Waals surface area contributed by atoms with Crippen molar-refractivity contribution < 1.29 is 27.3 Å². The van der Waals surface area contributed by atoms with Gasteiger partial charge in [-0.15, -0.1) is 0 Å². The zero-order chi connectivity index (χ0) is 19.8. The smallest absolute Gasteiger partial charge is 0.281 e. The van der Waals surface area contributed by atoms with Crippen molar-refractivity contribution in [3.8, 4) is 11.1 Å². The van der Waals surface area contributed by atoms with Gasteiger partial charge >= 0.3 is 0 Å². The summed E-state index contributed by atoms with van der Waals surface area (Å²) in [7, 11) is 0. The molecular formula is C20H12Cl2F2N3OSV-. The van der Waals surface area contributed by atoms with Gasteiger partial charge < -0.3 is 7.43 Å². The molecule has 2 aromatic heterocycles. The number of aromatic nitrogens is 3. The van der Waals surface area contributed by atoms with E-state index < -0.39 is 17.2 Å². The number of hydrogen-bond donors (Lipinski definition) is 0. The van der Waals surface area contributed by atoms with Crippen molar-refractivity contribution in [1.82, 2.24) is 14.6 Å². The summed E-state index contributed by atoms with van der Waals surface area (Å²) in [6.07, 6.45) is 1.26. The number of rotatable bonds is 3. The summed E-state index contributed by atoms with van der Waals surface area (Å²) >= 11 is 13.5. The summed E-state index contributed by atoms with van der Waals surface area (Å²) in [4.78, 5) is 16.5. The topological polar surface area (TPSA) is 47.3 Å². The van der Waals surface area contributed by atoms with Crippen LogP contribution in [0.1, 0.15) is 0 Å². The molecule has 0 unspecified atom stereocenters. The molecule has 0 N–H and O–H groups in total. The van der Waals surface area contributed by atoms with Crippen molar-refractivity contribution in [2.24, 2.45) is 0 Å². The Hall–Kier alpha value is -1.90. The number of halogens is 4. The Kier molecular flexibility index (Phi) is 8.08. The molecule has 0 saturated carbocycles. The number of nitrogens with zero attached hydrogens (tertiary/aromatic N) is 3. The second-order valence-electron chi connectivity index (χ2n) is 5.70. The fraction of sp³-hybridized carbons (Fsp3) is 0. The fourth-order valence-electron chi connectivity index (χ4n) is 2.68. The average Bonchev–Trinajstić information content (AvgIpc) is 2.65. The van der Waals surface area contributed by atoms with Crippen LogP contribution in [0.15, 0.2) is 69.6 Å². The van der Waals surface area contributed by atoms with Gasteiger partial charge in [0.05, 0.1) is 21.1 Å². The third-order valence-corrected chi connectivity index (χ3v) is 5.52. The fourth-order valence-corrected chi connectivity index (χ4v) is 4.05. The van der Waals surface area contributed by atoms with Crippen molar-refractivity contribution in [2.75, 3.05) is 0 Å². The molecule has 2 aromatic carbocycles. The minimum atomic E-state index is -0.687. The van der Waals surface area contributed by atoms with Gasteiger partial charge in [0, 0.05) is 35.1 Å². The molecule has 4 aromatic rings. The van der Waals surface area contributed by atoms with E-state index in [0.717, 1.165) is 17.8 Å². The van der Waals surface area contributed by atoms with Crippen LogP contribution < -0.4 is 5.56 Å². The van der Waals surface area contributed by atoms with Crippen molar-refractivity contribution in [2.45, 2.75) is 9.92 Å². The molecule has 0 fully saturated rings. The molecule has 0 spiro atoms. The molecule has 2 heterocycles. The third-order valence-electron chi connectivity index (χ3n) is 3.91. The molecule has 10 heteroatoms. The van der Waals surface area contributed by atoms with Crippen molar-refractivity contribution in [3.05, 3.63) is 94.3 Å². The Balaban J connectivity index is 0.00000160. The summed E-state index contributed by atoms with van der Waals surface area (Å²) in [5.41, 5.74) is 0.532. The molecule has 0 bridgehead atoms. The molecule has 0 saturated heterocycles. The molecule has 0 aliphatic rings. The van der Waals surface area contributed by atoms with E-state index in [4.69, 9.17) is 23.2 Å². The molecule has 153 valence electrons. The van der Waals surface area contributed by atoms with Gasteiger partial charge in [-0.05, 0) is 36.4 Å². The van der Waals surface area contributed by atoms with E-state index in [1.165, 1.54) is 23.0 Å². The Bertz CT molecular complexity index is 1270. The van der Waals surface area contributed by atoms with E-state index in [9.17, 15) is 13.6 Å². The molecule has 0 amide bonds. The van der Waals surface area contributed by atoms with Crippen LogP contribution in [0.3, 0.4) is 0 Å². The Morgan fingerprint density at radius 3 is 2.33 bits per heavy atom. The summed E-state index contributed by atoms with van der Waals surface area (Å²) in [5, 5.41) is 5.41. The zero-order valence-corrected chi connectivity index (χ0v) is 19.0. The largest absolute Gasteiger partial charge is 0.358 e. The second kappa shape index (κ2) is 9.94.